The molecule has 0 amide bonds. The van der Waals surface area contributed by atoms with Crippen LogP contribution in [0.15, 0.2) is 100 Å². The lowest BCUT2D eigenvalue weighted by Crippen LogP contribution is -2.46. The van der Waals surface area contributed by atoms with E-state index in [4.69, 9.17) is 14.2 Å². The number of ether oxygens (including phenoxy) is 3. The predicted molar refractivity (Wildman–Crippen MR) is 179 cm³/mol. The first kappa shape index (κ1) is 35.4. The molecule has 0 bridgehead atoms. The Morgan fingerprint density at radius 2 is 1.59 bits per heavy atom. The maximum atomic E-state index is 12.7. The van der Waals surface area contributed by atoms with E-state index < -0.39 is 29.4 Å². The second-order valence-corrected chi connectivity index (χ2v) is 14.9. The summed E-state index contributed by atoms with van der Waals surface area (Å²) in [5.74, 6) is -0.270. The van der Waals surface area contributed by atoms with Crippen molar-refractivity contribution in [2.45, 2.75) is 118 Å². The zero-order chi connectivity index (χ0) is 34.1. The zero-order valence-electron chi connectivity index (χ0n) is 28.8. The van der Waals surface area contributed by atoms with E-state index in [9.17, 15) is 19.8 Å². The average molecular weight is 631 g/mol. The quantitative estimate of drug-likeness (QED) is 0.133. The summed E-state index contributed by atoms with van der Waals surface area (Å²) >= 11 is 0. The molecule has 0 aromatic rings. The second kappa shape index (κ2) is 13.3. The van der Waals surface area contributed by atoms with Crippen molar-refractivity contribution in [1.82, 2.24) is 0 Å². The second-order valence-electron chi connectivity index (χ2n) is 14.9. The molecule has 248 valence electrons. The molecule has 0 aromatic heterocycles. The van der Waals surface area contributed by atoms with Gasteiger partial charge in [0.1, 0.15) is 18.0 Å². The van der Waals surface area contributed by atoms with Crippen LogP contribution < -0.4 is 0 Å². The summed E-state index contributed by atoms with van der Waals surface area (Å²) < 4.78 is 17.3. The number of aliphatic hydroxyl groups excluding tert-OH is 1. The average Bonchev–Trinajstić information content (AvgIpc) is 3.42. The third-order valence-electron chi connectivity index (χ3n) is 9.20. The summed E-state index contributed by atoms with van der Waals surface area (Å²) in [6, 6.07) is 0. The smallest absolute Gasteiger partial charge is 0.342 e. The highest BCUT2D eigenvalue weighted by Crippen LogP contribution is 2.52. The van der Waals surface area contributed by atoms with Gasteiger partial charge < -0.3 is 24.4 Å². The fraction of sp³-hybridized carbons (Fsp3) is 0.513. The van der Waals surface area contributed by atoms with Gasteiger partial charge in [0.2, 0.25) is 0 Å². The molecule has 2 saturated carbocycles. The van der Waals surface area contributed by atoms with Gasteiger partial charge in [0, 0.05) is 25.3 Å². The molecule has 2 fully saturated rings. The van der Waals surface area contributed by atoms with Gasteiger partial charge in [-0.2, -0.15) is 0 Å². The Bertz CT molecular complexity index is 1510. The maximum Gasteiger partial charge on any atom is 0.342 e. The Kier molecular flexibility index (Phi) is 10.2. The summed E-state index contributed by atoms with van der Waals surface area (Å²) in [6.45, 7) is 17.3. The molecule has 4 rings (SSSR count). The van der Waals surface area contributed by atoms with Crippen molar-refractivity contribution < 1.29 is 34.0 Å². The summed E-state index contributed by atoms with van der Waals surface area (Å²) in [5.41, 5.74) is 5.32. The molecule has 7 nitrogen and oxygen atoms in total. The molecule has 46 heavy (non-hydrogen) atoms. The monoisotopic (exact) mass is 630 g/mol. The maximum absolute atomic E-state index is 12.7. The highest BCUT2D eigenvalue weighted by Gasteiger charge is 2.52. The largest absolute Gasteiger partial charge is 0.462 e. The van der Waals surface area contributed by atoms with E-state index in [1.165, 1.54) is 6.92 Å². The lowest BCUT2D eigenvalue weighted by Gasteiger charge is -2.44. The molecule has 2 aliphatic carbocycles. The molecular weight excluding hydrogens is 580 g/mol. The predicted octanol–water partition coefficient (Wildman–Crippen LogP) is 7.21. The Morgan fingerprint density at radius 3 is 2.22 bits per heavy atom. The number of cyclic esters (lactones) is 1. The lowest BCUT2D eigenvalue weighted by atomic mass is 9.65. The van der Waals surface area contributed by atoms with Gasteiger partial charge in [0.15, 0.2) is 0 Å². The molecule has 4 aliphatic rings. The summed E-state index contributed by atoms with van der Waals surface area (Å²) in [6.07, 6.45) is 19.9. The minimum Gasteiger partial charge on any atom is -0.462 e. The molecule has 2 aliphatic heterocycles. The Hall–Kier alpha value is -3.48. The topological polar surface area (TPSA) is 102 Å². The number of allylic oxidation sites excluding steroid dienone is 10. The number of aliphatic hydroxyl groups is 2. The van der Waals surface area contributed by atoms with Gasteiger partial charge in [0.05, 0.1) is 22.9 Å². The van der Waals surface area contributed by atoms with Crippen molar-refractivity contribution >= 4 is 11.9 Å². The molecule has 0 saturated heterocycles. The van der Waals surface area contributed by atoms with Crippen LogP contribution in [0.5, 0.6) is 0 Å². The fourth-order valence-corrected chi connectivity index (χ4v) is 7.59. The van der Waals surface area contributed by atoms with Gasteiger partial charge in [-0.05, 0) is 92.4 Å². The van der Waals surface area contributed by atoms with Gasteiger partial charge in [-0.1, -0.05) is 64.2 Å². The van der Waals surface area contributed by atoms with Crippen LogP contribution in [0, 0.1) is 10.8 Å². The van der Waals surface area contributed by atoms with Gasteiger partial charge in [-0.25, -0.2) is 4.79 Å². The SMILES string of the molecule is CC(=O)O[C@H]1CC(C)(C)C(=C=C/C(C)=C/C=C/C=C/C=C(C)/C=C2/C=C([C@@H]3C=C4C(C)(C)C[C@H](O)CC4(C)O3)C(=O)O2)[C@](C)(O)C1. The standard InChI is InChI=1S/C39H50O7/c1-25(16-17-33-37(6,7)23-30(44-27(3)40)24-38(33,8)43)14-12-10-11-13-15-26(2)18-29-19-31(35(42)45-29)32-20-34-36(4,5)21-28(41)22-39(34,9)46-32/h10-16,18-20,28,30,32,41,43H,21-24H2,1-9H3/b12-10+,13-11+,25-14+,26-15+,29-18-/t17?,28-,30-,32-,38+,39?/m0/s1. The number of esters is 2. The van der Waals surface area contributed by atoms with Crippen molar-refractivity contribution in [1.29, 1.82) is 0 Å². The van der Waals surface area contributed by atoms with Gasteiger partial charge in [-0.3, -0.25) is 4.79 Å². The minimum absolute atomic E-state index is 0.210. The Morgan fingerprint density at radius 1 is 0.935 bits per heavy atom. The number of fused-ring (bicyclic) bond motifs is 1. The number of rotatable bonds is 7. The number of hydrogen-bond donors (Lipinski definition) is 2. The van der Waals surface area contributed by atoms with Crippen LogP contribution in [-0.2, 0) is 23.8 Å². The fourth-order valence-electron chi connectivity index (χ4n) is 7.59. The van der Waals surface area contributed by atoms with Crippen molar-refractivity contribution in [3.05, 3.63) is 100 Å². The van der Waals surface area contributed by atoms with Crippen molar-refractivity contribution in [3.8, 4) is 0 Å². The number of hydrogen-bond acceptors (Lipinski definition) is 7. The van der Waals surface area contributed by atoms with E-state index in [1.807, 2.05) is 89.3 Å². The molecule has 0 radical (unpaired) electrons. The molecule has 1 unspecified atom stereocenters. The van der Waals surface area contributed by atoms with Crippen LogP contribution in [0.3, 0.4) is 0 Å². The van der Waals surface area contributed by atoms with Gasteiger partial charge >= 0.3 is 11.9 Å². The van der Waals surface area contributed by atoms with E-state index in [2.05, 4.69) is 19.6 Å². The Labute approximate surface area is 274 Å². The van der Waals surface area contributed by atoms with E-state index in [1.54, 1.807) is 13.0 Å². The summed E-state index contributed by atoms with van der Waals surface area (Å²) in [4.78, 5) is 24.2. The normalized spacial score (nSPS) is 33.5. The lowest BCUT2D eigenvalue weighted by molar-refractivity contribution is -0.152. The zero-order valence-corrected chi connectivity index (χ0v) is 28.8. The first-order chi connectivity index (χ1) is 21.3. The minimum atomic E-state index is -1.12. The van der Waals surface area contributed by atoms with Crippen LogP contribution in [0.2, 0.25) is 0 Å². The molecule has 5 atom stereocenters. The first-order valence-corrected chi connectivity index (χ1v) is 16.1. The molecule has 2 heterocycles. The molecule has 7 heteroatoms. The Balaban J connectivity index is 1.37. The van der Waals surface area contributed by atoms with Crippen molar-refractivity contribution in [2.75, 3.05) is 0 Å². The van der Waals surface area contributed by atoms with E-state index in [0.29, 0.717) is 37.0 Å². The van der Waals surface area contributed by atoms with Crippen molar-refractivity contribution in [3.63, 3.8) is 0 Å². The molecule has 0 spiro atoms. The van der Waals surface area contributed by atoms with Crippen molar-refractivity contribution in [2.24, 2.45) is 10.8 Å². The third-order valence-corrected chi connectivity index (χ3v) is 9.20. The van der Waals surface area contributed by atoms with Crippen LogP contribution in [0.25, 0.3) is 0 Å². The first-order valence-electron chi connectivity index (χ1n) is 16.1. The van der Waals surface area contributed by atoms with E-state index in [-0.39, 0.29) is 22.9 Å². The van der Waals surface area contributed by atoms with E-state index >= 15 is 0 Å². The highest BCUT2D eigenvalue weighted by atomic mass is 16.6. The summed E-state index contributed by atoms with van der Waals surface area (Å²) in [5, 5.41) is 21.5. The van der Waals surface area contributed by atoms with Crippen LogP contribution in [-0.4, -0.2) is 51.7 Å². The summed E-state index contributed by atoms with van der Waals surface area (Å²) in [7, 11) is 0. The van der Waals surface area contributed by atoms with Crippen LogP contribution >= 0.6 is 0 Å². The molecule has 0 aromatic carbocycles. The van der Waals surface area contributed by atoms with Gasteiger partial charge in [0.25, 0.3) is 0 Å². The van der Waals surface area contributed by atoms with E-state index in [0.717, 1.165) is 22.3 Å². The van der Waals surface area contributed by atoms with Crippen LogP contribution in [0.1, 0.15) is 88.0 Å². The molecule has 2 N–H and O–H groups in total. The van der Waals surface area contributed by atoms with Gasteiger partial charge in [-0.15, -0.1) is 5.73 Å². The number of carbonyl (C=O) groups excluding carboxylic acids is 2. The third kappa shape index (κ3) is 8.26. The number of carbonyl (C=O) groups is 2. The highest BCUT2D eigenvalue weighted by molar-refractivity contribution is 5.94. The molecular formula is C39H50O7. The van der Waals surface area contributed by atoms with Crippen LogP contribution in [0.4, 0.5) is 0 Å².